The lowest BCUT2D eigenvalue weighted by Crippen LogP contribution is -2.25. The maximum Gasteiger partial charge on any atom is 0.0374 e. The monoisotopic (exact) mass is 265 g/mol. The highest BCUT2D eigenvalue weighted by Gasteiger charge is 2.16. The molecule has 0 saturated carbocycles. The SMILES string of the molecule is CCc1ccc(CCC2CCc3ccccc3N2)cc1. The van der Waals surface area contributed by atoms with Crippen molar-refractivity contribution in [1.29, 1.82) is 0 Å². The number of aryl methyl sites for hydroxylation is 3. The molecule has 0 aromatic heterocycles. The van der Waals surface area contributed by atoms with E-state index in [9.17, 15) is 0 Å². The largest absolute Gasteiger partial charge is 0.382 e. The van der Waals surface area contributed by atoms with E-state index < -0.39 is 0 Å². The van der Waals surface area contributed by atoms with Gasteiger partial charge in [-0.05, 0) is 54.9 Å². The average Bonchev–Trinajstić information content (AvgIpc) is 2.53. The molecule has 0 bridgehead atoms. The minimum absolute atomic E-state index is 0.621. The van der Waals surface area contributed by atoms with Crippen molar-refractivity contribution in [2.75, 3.05) is 5.32 Å². The van der Waals surface area contributed by atoms with Crippen molar-refractivity contribution in [3.05, 3.63) is 65.2 Å². The summed E-state index contributed by atoms with van der Waals surface area (Å²) in [5.41, 5.74) is 5.70. The Morgan fingerprint density at radius 1 is 1.00 bits per heavy atom. The number of para-hydroxylation sites is 1. The van der Waals surface area contributed by atoms with E-state index in [4.69, 9.17) is 0 Å². The Kier molecular flexibility index (Phi) is 4.05. The Morgan fingerprint density at radius 3 is 2.55 bits per heavy atom. The molecule has 0 saturated heterocycles. The summed E-state index contributed by atoms with van der Waals surface area (Å²) in [5.74, 6) is 0. The van der Waals surface area contributed by atoms with Gasteiger partial charge in [0.25, 0.3) is 0 Å². The van der Waals surface area contributed by atoms with Gasteiger partial charge < -0.3 is 5.32 Å². The van der Waals surface area contributed by atoms with Crippen molar-refractivity contribution in [3.8, 4) is 0 Å². The van der Waals surface area contributed by atoms with Crippen LogP contribution in [0.15, 0.2) is 48.5 Å². The molecule has 0 spiro atoms. The van der Waals surface area contributed by atoms with Gasteiger partial charge in [0.2, 0.25) is 0 Å². The van der Waals surface area contributed by atoms with Crippen molar-refractivity contribution in [1.82, 2.24) is 0 Å². The van der Waals surface area contributed by atoms with E-state index in [1.807, 2.05) is 0 Å². The highest BCUT2D eigenvalue weighted by Crippen LogP contribution is 2.26. The van der Waals surface area contributed by atoms with Crippen LogP contribution in [0.5, 0.6) is 0 Å². The average molecular weight is 265 g/mol. The van der Waals surface area contributed by atoms with Crippen molar-refractivity contribution < 1.29 is 0 Å². The third kappa shape index (κ3) is 3.04. The van der Waals surface area contributed by atoms with E-state index in [1.54, 1.807) is 0 Å². The molecule has 3 rings (SSSR count). The second-order valence-electron chi connectivity index (χ2n) is 5.75. The molecular formula is C19H23N. The molecule has 1 unspecified atom stereocenters. The summed E-state index contributed by atoms with van der Waals surface area (Å²) in [6, 6.07) is 18.4. The topological polar surface area (TPSA) is 12.0 Å². The maximum absolute atomic E-state index is 3.69. The molecule has 1 N–H and O–H groups in total. The zero-order valence-electron chi connectivity index (χ0n) is 12.2. The van der Waals surface area contributed by atoms with Crippen LogP contribution in [0.4, 0.5) is 5.69 Å². The Labute approximate surface area is 122 Å². The van der Waals surface area contributed by atoms with E-state index in [1.165, 1.54) is 48.1 Å². The van der Waals surface area contributed by atoms with Gasteiger partial charge in [0.15, 0.2) is 0 Å². The van der Waals surface area contributed by atoms with Crippen LogP contribution < -0.4 is 5.32 Å². The zero-order valence-corrected chi connectivity index (χ0v) is 12.2. The molecule has 1 atom stereocenters. The Bertz CT molecular complexity index is 556. The lowest BCUT2D eigenvalue weighted by molar-refractivity contribution is 0.586. The minimum atomic E-state index is 0.621. The van der Waals surface area contributed by atoms with Crippen LogP contribution in [0.25, 0.3) is 0 Å². The lowest BCUT2D eigenvalue weighted by Gasteiger charge is -2.27. The van der Waals surface area contributed by atoms with Crippen LogP contribution >= 0.6 is 0 Å². The molecular weight excluding hydrogens is 242 g/mol. The predicted molar refractivity (Wildman–Crippen MR) is 86.3 cm³/mol. The maximum atomic E-state index is 3.69. The van der Waals surface area contributed by atoms with Gasteiger partial charge in [-0.3, -0.25) is 0 Å². The summed E-state index contributed by atoms with van der Waals surface area (Å²) >= 11 is 0. The number of hydrogen-bond acceptors (Lipinski definition) is 1. The van der Waals surface area contributed by atoms with E-state index in [-0.39, 0.29) is 0 Å². The van der Waals surface area contributed by atoms with Crippen molar-refractivity contribution >= 4 is 5.69 Å². The van der Waals surface area contributed by atoms with Crippen LogP contribution in [0.3, 0.4) is 0 Å². The van der Waals surface area contributed by atoms with Gasteiger partial charge >= 0.3 is 0 Å². The van der Waals surface area contributed by atoms with Crippen molar-refractivity contribution in [3.63, 3.8) is 0 Å². The molecule has 0 radical (unpaired) electrons. The Balaban J connectivity index is 1.57. The smallest absolute Gasteiger partial charge is 0.0374 e. The normalized spacial score (nSPS) is 17.4. The van der Waals surface area contributed by atoms with Crippen LogP contribution in [0.2, 0.25) is 0 Å². The number of fused-ring (bicyclic) bond motifs is 1. The predicted octanol–water partition coefficient (Wildman–Crippen LogP) is 4.61. The third-order valence-corrected chi connectivity index (χ3v) is 4.35. The molecule has 1 heterocycles. The van der Waals surface area contributed by atoms with Crippen LogP contribution in [0, 0.1) is 0 Å². The number of hydrogen-bond donors (Lipinski definition) is 1. The van der Waals surface area contributed by atoms with Crippen molar-refractivity contribution in [2.45, 2.75) is 45.1 Å². The fourth-order valence-corrected chi connectivity index (χ4v) is 3.00. The molecule has 0 aliphatic carbocycles. The first-order valence-corrected chi connectivity index (χ1v) is 7.77. The Hall–Kier alpha value is -1.76. The molecule has 1 nitrogen and oxygen atoms in total. The highest BCUT2D eigenvalue weighted by molar-refractivity contribution is 5.53. The molecule has 1 aliphatic heterocycles. The number of rotatable bonds is 4. The van der Waals surface area contributed by atoms with Gasteiger partial charge in [0, 0.05) is 11.7 Å². The summed E-state index contributed by atoms with van der Waals surface area (Å²) < 4.78 is 0. The molecule has 20 heavy (non-hydrogen) atoms. The van der Waals surface area contributed by atoms with E-state index in [0.717, 1.165) is 6.42 Å². The molecule has 2 aromatic rings. The van der Waals surface area contributed by atoms with Gasteiger partial charge in [0.05, 0.1) is 0 Å². The molecule has 1 heteroatoms. The van der Waals surface area contributed by atoms with E-state index in [2.05, 4.69) is 60.8 Å². The summed E-state index contributed by atoms with van der Waals surface area (Å²) in [4.78, 5) is 0. The lowest BCUT2D eigenvalue weighted by atomic mass is 9.94. The number of benzene rings is 2. The molecule has 104 valence electrons. The van der Waals surface area contributed by atoms with Gasteiger partial charge in [0.1, 0.15) is 0 Å². The van der Waals surface area contributed by atoms with Crippen LogP contribution in [-0.4, -0.2) is 6.04 Å². The number of nitrogens with one attached hydrogen (secondary N) is 1. The Morgan fingerprint density at radius 2 is 1.75 bits per heavy atom. The minimum Gasteiger partial charge on any atom is -0.382 e. The molecule has 1 aliphatic rings. The second-order valence-corrected chi connectivity index (χ2v) is 5.75. The highest BCUT2D eigenvalue weighted by atomic mass is 14.9. The summed E-state index contributed by atoms with van der Waals surface area (Å²) in [7, 11) is 0. The second kappa shape index (κ2) is 6.13. The zero-order chi connectivity index (χ0) is 13.8. The van der Waals surface area contributed by atoms with Crippen LogP contribution in [-0.2, 0) is 19.3 Å². The van der Waals surface area contributed by atoms with Gasteiger partial charge in [-0.1, -0.05) is 49.4 Å². The third-order valence-electron chi connectivity index (χ3n) is 4.35. The fraction of sp³-hybridized carbons (Fsp3) is 0.368. The van der Waals surface area contributed by atoms with Gasteiger partial charge in [-0.15, -0.1) is 0 Å². The van der Waals surface area contributed by atoms with E-state index in [0.29, 0.717) is 6.04 Å². The van der Waals surface area contributed by atoms with Crippen LogP contribution in [0.1, 0.15) is 36.5 Å². The molecule has 0 fully saturated rings. The first-order valence-electron chi connectivity index (χ1n) is 7.77. The quantitative estimate of drug-likeness (QED) is 0.851. The standard InChI is InChI=1S/C19H23N/c1-2-15-7-9-16(10-8-15)11-13-18-14-12-17-5-3-4-6-19(17)20-18/h3-10,18,20H,2,11-14H2,1H3. The van der Waals surface area contributed by atoms with Gasteiger partial charge in [-0.25, -0.2) is 0 Å². The summed E-state index contributed by atoms with van der Waals surface area (Å²) in [6.07, 6.45) is 5.98. The summed E-state index contributed by atoms with van der Waals surface area (Å²) in [6.45, 7) is 2.21. The summed E-state index contributed by atoms with van der Waals surface area (Å²) in [5, 5.41) is 3.69. The first-order chi connectivity index (χ1) is 9.85. The number of anilines is 1. The van der Waals surface area contributed by atoms with Gasteiger partial charge in [-0.2, -0.15) is 0 Å². The van der Waals surface area contributed by atoms with Crippen molar-refractivity contribution in [2.24, 2.45) is 0 Å². The van der Waals surface area contributed by atoms with E-state index >= 15 is 0 Å². The molecule has 2 aromatic carbocycles. The molecule has 0 amide bonds. The first kappa shape index (κ1) is 13.2. The fourth-order valence-electron chi connectivity index (χ4n) is 3.00.